The van der Waals surface area contributed by atoms with Crippen molar-refractivity contribution in [3.63, 3.8) is 0 Å². The van der Waals surface area contributed by atoms with Gasteiger partial charge in [0.2, 0.25) is 5.91 Å². The number of hydrogen-bond acceptors (Lipinski definition) is 8. The molecule has 0 bridgehead atoms. The number of hydrogen-bond donors (Lipinski definition) is 1. The van der Waals surface area contributed by atoms with E-state index in [1.54, 1.807) is 23.5 Å². The van der Waals surface area contributed by atoms with Crippen LogP contribution in [0.4, 0.5) is 4.79 Å². The van der Waals surface area contributed by atoms with Crippen LogP contribution in [0.3, 0.4) is 0 Å². The highest BCUT2D eigenvalue weighted by atomic mass is 32.1. The van der Waals surface area contributed by atoms with E-state index < -0.39 is 23.8 Å². The fraction of sp³-hybridized carbons (Fsp3) is 0.250. The molecule has 3 aliphatic rings. The normalized spacial score (nSPS) is 18.8. The molecule has 0 radical (unpaired) electrons. The van der Waals surface area contributed by atoms with Crippen molar-refractivity contribution in [2.75, 3.05) is 19.6 Å². The number of benzene rings is 1. The molecule has 1 N–H and O–H groups in total. The number of rotatable bonds is 4. The van der Waals surface area contributed by atoms with Gasteiger partial charge in [-0.3, -0.25) is 24.6 Å². The quantitative estimate of drug-likeness (QED) is 0.561. The summed E-state index contributed by atoms with van der Waals surface area (Å²) in [6, 6.07) is 6.43. The Balaban J connectivity index is 1.16. The Labute approximate surface area is 203 Å². The zero-order valence-corrected chi connectivity index (χ0v) is 19.4. The van der Waals surface area contributed by atoms with Crippen LogP contribution in [0.5, 0.6) is 0 Å². The lowest BCUT2D eigenvalue weighted by Crippen LogP contribution is -2.58. The SMILES string of the molecule is O=C1CCN(N2C(=O)c3ccc(CN4CC=C(c5ncc6ccsc6n5)CC4)cc3C2=O)C(=O)N1. The first-order chi connectivity index (χ1) is 17.0. The monoisotopic (exact) mass is 488 g/mol. The zero-order valence-electron chi connectivity index (χ0n) is 18.6. The molecule has 1 fully saturated rings. The first kappa shape index (κ1) is 21.6. The van der Waals surface area contributed by atoms with Gasteiger partial charge in [-0.15, -0.1) is 11.3 Å². The molecule has 3 aromatic rings. The maximum atomic E-state index is 13.0. The number of nitrogens with zero attached hydrogens (tertiary/aromatic N) is 5. The van der Waals surface area contributed by atoms with E-state index in [-0.39, 0.29) is 24.1 Å². The standard InChI is InChI=1S/C24H20N6O4S/c31-19-5-9-29(24(34)26-19)30-22(32)17-2-1-14(11-18(17)23(30)33)13-28-7-3-15(4-8-28)20-25-12-16-6-10-35-21(16)27-20/h1-3,6,10-12H,4-5,7-9,13H2,(H,26,31,34). The molecular weight excluding hydrogens is 468 g/mol. The summed E-state index contributed by atoms with van der Waals surface area (Å²) >= 11 is 1.60. The summed E-state index contributed by atoms with van der Waals surface area (Å²) in [5, 5.41) is 7.03. The van der Waals surface area contributed by atoms with Crippen LogP contribution < -0.4 is 5.32 Å². The number of imide groups is 2. The molecule has 1 saturated heterocycles. The predicted molar refractivity (Wildman–Crippen MR) is 127 cm³/mol. The van der Waals surface area contributed by atoms with E-state index in [4.69, 9.17) is 0 Å². The van der Waals surface area contributed by atoms with Crippen LogP contribution in [0.1, 0.15) is 44.9 Å². The largest absolute Gasteiger partial charge is 0.343 e. The summed E-state index contributed by atoms with van der Waals surface area (Å²) in [6.45, 7) is 2.13. The number of nitrogens with one attached hydrogen (secondary N) is 1. The van der Waals surface area contributed by atoms with Gasteiger partial charge in [0.05, 0.1) is 17.7 Å². The average molecular weight is 489 g/mol. The Morgan fingerprint density at radius 1 is 1.00 bits per heavy atom. The Morgan fingerprint density at radius 2 is 1.86 bits per heavy atom. The van der Waals surface area contributed by atoms with Crippen molar-refractivity contribution in [1.29, 1.82) is 0 Å². The number of carbonyl (C=O) groups excluding carboxylic acids is 4. The molecule has 0 atom stereocenters. The van der Waals surface area contributed by atoms with Gasteiger partial charge in [-0.05, 0) is 41.1 Å². The molecule has 3 aliphatic heterocycles. The van der Waals surface area contributed by atoms with Gasteiger partial charge in [-0.1, -0.05) is 12.1 Å². The van der Waals surface area contributed by atoms with Crippen LogP contribution in [-0.4, -0.2) is 68.3 Å². The van der Waals surface area contributed by atoms with Crippen LogP contribution in [0.25, 0.3) is 15.8 Å². The Morgan fingerprint density at radius 3 is 2.66 bits per heavy atom. The third-order valence-electron chi connectivity index (χ3n) is 6.40. The summed E-state index contributed by atoms with van der Waals surface area (Å²) in [5.74, 6) is -0.778. The molecule has 2 aromatic heterocycles. The smallest absolute Gasteiger partial charge is 0.295 e. The first-order valence-electron chi connectivity index (χ1n) is 11.2. The highest BCUT2D eigenvalue weighted by Crippen LogP contribution is 2.28. The number of aromatic nitrogens is 2. The molecule has 176 valence electrons. The second-order valence-corrected chi connectivity index (χ2v) is 9.51. The summed E-state index contributed by atoms with van der Waals surface area (Å²) in [6.07, 6.45) is 4.84. The van der Waals surface area contributed by atoms with E-state index in [0.29, 0.717) is 6.54 Å². The molecule has 0 saturated carbocycles. The van der Waals surface area contributed by atoms with Crippen LogP contribution in [-0.2, 0) is 11.3 Å². The van der Waals surface area contributed by atoms with Crippen LogP contribution >= 0.6 is 11.3 Å². The second kappa shape index (κ2) is 8.36. The van der Waals surface area contributed by atoms with Crippen molar-refractivity contribution in [2.45, 2.75) is 19.4 Å². The third kappa shape index (κ3) is 3.78. The summed E-state index contributed by atoms with van der Waals surface area (Å²) < 4.78 is 0. The van der Waals surface area contributed by atoms with Crippen molar-refractivity contribution < 1.29 is 19.2 Å². The lowest BCUT2D eigenvalue weighted by molar-refractivity contribution is -0.122. The lowest BCUT2D eigenvalue weighted by atomic mass is 10.0. The van der Waals surface area contributed by atoms with Gasteiger partial charge >= 0.3 is 6.03 Å². The van der Waals surface area contributed by atoms with Gasteiger partial charge in [-0.25, -0.2) is 19.8 Å². The predicted octanol–water partition coefficient (Wildman–Crippen LogP) is 2.43. The number of thiophene rings is 1. The molecule has 6 rings (SSSR count). The number of amides is 5. The molecule has 11 heteroatoms. The summed E-state index contributed by atoms with van der Waals surface area (Å²) in [5.41, 5.74) is 2.55. The molecule has 0 unspecified atom stereocenters. The maximum absolute atomic E-state index is 13.0. The van der Waals surface area contributed by atoms with Gasteiger partial charge in [0.1, 0.15) is 4.83 Å². The van der Waals surface area contributed by atoms with Gasteiger partial charge in [-0.2, -0.15) is 5.01 Å². The third-order valence-corrected chi connectivity index (χ3v) is 7.22. The van der Waals surface area contributed by atoms with Gasteiger partial charge in [0, 0.05) is 37.6 Å². The van der Waals surface area contributed by atoms with Crippen LogP contribution in [0.15, 0.2) is 41.9 Å². The lowest BCUT2D eigenvalue weighted by Gasteiger charge is -2.32. The molecular formula is C24H20N6O4S. The van der Waals surface area contributed by atoms with Crippen LogP contribution in [0, 0.1) is 0 Å². The van der Waals surface area contributed by atoms with Crippen molar-refractivity contribution in [1.82, 2.24) is 30.2 Å². The number of urea groups is 1. The van der Waals surface area contributed by atoms with E-state index in [9.17, 15) is 19.2 Å². The highest BCUT2D eigenvalue weighted by Gasteiger charge is 2.43. The van der Waals surface area contributed by atoms with Crippen molar-refractivity contribution in [3.8, 4) is 0 Å². The highest BCUT2D eigenvalue weighted by molar-refractivity contribution is 7.16. The molecule has 1 aromatic carbocycles. The van der Waals surface area contributed by atoms with Crippen molar-refractivity contribution in [2.24, 2.45) is 0 Å². The van der Waals surface area contributed by atoms with E-state index >= 15 is 0 Å². The van der Waals surface area contributed by atoms with E-state index in [0.717, 1.165) is 56.7 Å². The molecule has 5 amide bonds. The molecule has 35 heavy (non-hydrogen) atoms. The maximum Gasteiger partial charge on any atom is 0.343 e. The minimum Gasteiger partial charge on any atom is -0.295 e. The van der Waals surface area contributed by atoms with Crippen LogP contribution in [0.2, 0.25) is 0 Å². The van der Waals surface area contributed by atoms with Gasteiger partial charge < -0.3 is 0 Å². The van der Waals surface area contributed by atoms with Gasteiger partial charge in [0.25, 0.3) is 11.8 Å². The Bertz CT molecular complexity index is 1450. The molecule has 0 spiro atoms. The topological polar surface area (TPSA) is 116 Å². The zero-order chi connectivity index (χ0) is 24.1. The summed E-state index contributed by atoms with van der Waals surface area (Å²) in [4.78, 5) is 61.9. The Hall–Kier alpha value is -3.96. The first-order valence-corrected chi connectivity index (χ1v) is 12.1. The van der Waals surface area contributed by atoms with Gasteiger partial charge in [0.15, 0.2) is 5.82 Å². The number of hydrazine groups is 1. The minimum absolute atomic E-state index is 0.0193. The van der Waals surface area contributed by atoms with Crippen molar-refractivity contribution in [3.05, 3.63) is 64.4 Å². The average Bonchev–Trinajstić information content (AvgIpc) is 3.42. The summed E-state index contributed by atoms with van der Waals surface area (Å²) in [7, 11) is 0. The Kier molecular flexibility index (Phi) is 5.15. The number of fused-ring (bicyclic) bond motifs is 2. The van der Waals surface area contributed by atoms with E-state index in [1.165, 1.54) is 0 Å². The fourth-order valence-electron chi connectivity index (χ4n) is 4.57. The second-order valence-electron chi connectivity index (χ2n) is 8.62. The fourth-order valence-corrected chi connectivity index (χ4v) is 5.31. The van der Waals surface area contributed by atoms with E-state index in [2.05, 4.69) is 26.3 Å². The molecule has 0 aliphatic carbocycles. The minimum atomic E-state index is -0.769. The molecule has 10 nitrogen and oxygen atoms in total. The van der Waals surface area contributed by atoms with Crippen molar-refractivity contribution >= 4 is 50.9 Å². The number of carbonyl (C=O) groups is 4. The molecule has 5 heterocycles. The van der Waals surface area contributed by atoms with E-state index in [1.807, 2.05) is 23.7 Å².